The van der Waals surface area contributed by atoms with Gasteiger partial charge >= 0.3 is 0 Å². The molecule has 1 nitrogen and oxygen atoms in total. The van der Waals surface area contributed by atoms with Crippen molar-refractivity contribution in [3.63, 3.8) is 0 Å². The molecule has 3 rings (SSSR count). The molecule has 3 heteroatoms. The molecule has 0 aliphatic carbocycles. The van der Waals surface area contributed by atoms with E-state index < -0.39 is 11.6 Å². The van der Waals surface area contributed by atoms with Crippen molar-refractivity contribution in [2.24, 2.45) is 0 Å². The van der Waals surface area contributed by atoms with Crippen molar-refractivity contribution in [1.82, 2.24) is 0 Å². The van der Waals surface area contributed by atoms with Crippen LogP contribution in [-0.2, 0) is 6.42 Å². The van der Waals surface area contributed by atoms with Gasteiger partial charge in [0.1, 0.15) is 0 Å². The lowest BCUT2D eigenvalue weighted by Crippen LogP contribution is -2.06. The summed E-state index contributed by atoms with van der Waals surface area (Å²) in [4.78, 5) is 0. The van der Waals surface area contributed by atoms with Crippen LogP contribution in [0.1, 0.15) is 22.7 Å². The van der Waals surface area contributed by atoms with Crippen molar-refractivity contribution in [3.05, 3.63) is 64.7 Å². The van der Waals surface area contributed by atoms with E-state index in [1.807, 2.05) is 6.92 Å². The fourth-order valence-corrected chi connectivity index (χ4v) is 2.39. The lowest BCUT2D eigenvalue weighted by atomic mass is 10.0. The van der Waals surface area contributed by atoms with Crippen molar-refractivity contribution in [2.75, 3.05) is 5.32 Å². The van der Waals surface area contributed by atoms with Crippen LogP contribution in [0.3, 0.4) is 0 Å². The molecule has 1 unspecified atom stereocenters. The van der Waals surface area contributed by atoms with Gasteiger partial charge in [-0.05, 0) is 48.2 Å². The van der Waals surface area contributed by atoms with Gasteiger partial charge in [-0.25, -0.2) is 8.78 Å². The summed E-state index contributed by atoms with van der Waals surface area (Å²) in [5, 5.41) is 3.35. The molecule has 0 saturated heterocycles. The van der Waals surface area contributed by atoms with Crippen LogP contribution in [-0.4, -0.2) is 0 Å². The predicted octanol–water partition coefficient (Wildman–Crippen LogP) is 3.98. The largest absolute Gasteiger partial charge is 0.378 e. The van der Waals surface area contributed by atoms with Crippen LogP contribution in [0, 0.1) is 18.6 Å². The SMILES string of the molecule is Cc1ccc2c(c1)NC(c1ccc(F)c(F)c1)C2. The Hall–Kier alpha value is -1.90. The van der Waals surface area contributed by atoms with Gasteiger partial charge in [0.2, 0.25) is 0 Å². The Balaban J connectivity index is 1.91. The molecule has 18 heavy (non-hydrogen) atoms. The van der Waals surface area contributed by atoms with Gasteiger partial charge in [-0.3, -0.25) is 0 Å². The van der Waals surface area contributed by atoms with E-state index in [0.717, 1.165) is 17.7 Å². The molecule has 0 amide bonds. The van der Waals surface area contributed by atoms with E-state index in [-0.39, 0.29) is 6.04 Å². The molecule has 1 atom stereocenters. The van der Waals surface area contributed by atoms with Crippen molar-refractivity contribution < 1.29 is 8.78 Å². The molecule has 2 aromatic rings. The van der Waals surface area contributed by atoms with Crippen LogP contribution < -0.4 is 5.32 Å². The van der Waals surface area contributed by atoms with Crippen LogP contribution in [0.4, 0.5) is 14.5 Å². The predicted molar refractivity (Wildman–Crippen MR) is 67.6 cm³/mol. The third-order valence-corrected chi connectivity index (χ3v) is 3.37. The third kappa shape index (κ3) is 1.86. The molecule has 0 bridgehead atoms. The van der Waals surface area contributed by atoms with Crippen LogP contribution in [0.5, 0.6) is 0 Å². The van der Waals surface area contributed by atoms with E-state index in [4.69, 9.17) is 0 Å². The van der Waals surface area contributed by atoms with E-state index in [9.17, 15) is 8.78 Å². The lowest BCUT2D eigenvalue weighted by Gasteiger charge is -2.11. The Morgan fingerprint density at radius 1 is 1.06 bits per heavy atom. The van der Waals surface area contributed by atoms with Crippen molar-refractivity contribution in [3.8, 4) is 0 Å². The Kier molecular flexibility index (Phi) is 2.54. The molecule has 0 fully saturated rings. The normalized spacial score (nSPS) is 17.4. The highest BCUT2D eigenvalue weighted by Crippen LogP contribution is 2.34. The van der Waals surface area contributed by atoms with Gasteiger partial charge in [0, 0.05) is 5.69 Å². The summed E-state index contributed by atoms with van der Waals surface area (Å²) in [6.45, 7) is 2.03. The second-order valence-electron chi connectivity index (χ2n) is 4.74. The number of hydrogen-bond donors (Lipinski definition) is 1. The maximum absolute atomic E-state index is 13.2. The summed E-state index contributed by atoms with van der Waals surface area (Å²) in [5.74, 6) is -1.59. The fraction of sp³-hybridized carbons (Fsp3) is 0.200. The first-order valence-electron chi connectivity index (χ1n) is 5.94. The summed E-state index contributed by atoms with van der Waals surface area (Å²) in [7, 11) is 0. The Morgan fingerprint density at radius 2 is 1.89 bits per heavy atom. The number of halogens is 2. The molecule has 1 aliphatic heterocycles. The number of hydrogen-bond acceptors (Lipinski definition) is 1. The average Bonchev–Trinajstić information content (AvgIpc) is 2.75. The van der Waals surface area contributed by atoms with E-state index >= 15 is 0 Å². The number of aryl methyl sites for hydroxylation is 1. The first-order chi connectivity index (χ1) is 8.63. The van der Waals surface area contributed by atoms with Gasteiger partial charge in [0.05, 0.1) is 6.04 Å². The van der Waals surface area contributed by atoms with Crippen LogP contribution in [0.15, 0.2) is 36.4 Å². The molecular weight excluding hydrogens is 232 g/mol. The van der Waals surface area contributed by atoms with Gasteiger partial charge in [0.15, 0.2) is 11.6 Å². The molecule has 0 spiro atoms. The first-order valence-corrected chi connectivity index (χ1v) is 5.94. The van der Waals surface area contributed by atoms with Gasteiger partial charge in [0.25, 0.3) is 0 Å². The van der Waals surface area contributed by atoms with E-state index in [1.165, 1.54) is 23.3 Å². The average molecular weight is 245 g/mol. The number of fused-ring (bicyclic) bond motifs is 1. The van der Waals surface area contributed by atoms with Crippen molar-refractivity contribution in [2.45, 2.75) is 19.4 Å². The summed E-state index contributed by atoms with van der Waals surface area (Å²) in [6.07, 6.45) is 0.806. The molecule has 92 valence electrons. The minimum absolute atomic E-state index is 0.0249. The molecular formula is C15H13F2N. The van der Waals surface area contributed by atoms with Crippen LogP contribution in [0.2, 0.25) is 0 Å². The second-order valence-corrected chi connectivity index (χ2v) is 4.74. The minimum Gasteiger partial charge on any atom is -0.378 e. The summed E-state index contributed by atoms with van der Waals surface area (Å²) >= 11 is 0. The molecule has 1 N–H and O–H groups in total. The molecule has 0 radical (unpaired) electrons. The quantitative estimate of drug-likeness (QED) is 0.801. The second kappa shape index (κ2) is 4.09. The highest BCUT2D eigenvalue weighted by Gasteiger charge is 2.22. The third-order valence-electron chi connectivity index (χ3n) is 3.37. The summed E-state index contributed by atoms with van der Waals surface area (Å²) in [6, 6.07) is 10.3. The zero-order chi connectivity index (χ0) is 12.7. The molecule has 1 heterocycles. The maximum Gasteiger partial charge on any atom is 0.159 e. The van der Waals surface area contributed by atoms with Gasteiger partial charge in [-0.1, -0.05) is 18.2 Å². The summed E-state index contributed by atoms with van der Waals surface area (Å²) < 4.78 is 26.1. The number of nitrogens with one attached hydrogen (secondary N) is 1. The maximum atomic E-state index is 13.2. The smallest absolute Gasteiger partial charge is 0.159 e. The van der Waals surface area contributed by atoms with E-state index in [1.54, 1.807) is 6.07 Å². The molecule has 0 saturated carbocycles. The van der Waals surface area contributed by atoms with Crippen LogP contribution >= 0.6 is 0 Å². The van der Waals surface area contributed by atoms with E-state index in [0.29, 0.717) is 0 Å². The number of benzene rings is 2. The monoisotopic (exact) mass is 245 g/mol. The lowest BCUT2D eigenvalue weighted by molar-refractivity contribution is 0.506. The van der Waals surface area contributed by atoms with Gasteiger partial charge < -0.3 is 5.32 Å². The Bertz CT molecular complexity index is 607. The van der Waals surface area contributed by atoms with Crippen molar-refractivity contribution in [1.29, 1.82) is 0 Å². The van der Waals surface area contributed by atoms with Gasteiger partial charge in [-0.15, -0.1) is 0 Å². The highest BCUT2D eigenvalue weighted by atomic mass is 19.2. The van der Waals surface area contributed by atoms with Crippen molar-refractivity contribution >= 4 is 5.69 Å². The minimum atomic E-state index is -0.801. The molecule has 1 aliphatic rings. The Morgan fingerprint density at radius 3 is 2.67 bits per heavy atom. The molecule has 0 aromatic heterocycles. The Labute approximate surface area is 104 Å². The topological polar surface area (TPSA) is 12.0 Å². The summed E-state index contributed by atoms with van der Waals surface area (Å²) in [5.41, 5.74) is 4.27. The zero-order valence-corrected chi connectivity index (χ0v) is 10.0. The van der Waals surface area contributed by atoms with E-state index in [2.05, 4.69) is 23.5 Å². The highest BCUT2D eigenvalue weighted by molar-refractivity contribution is 5.59. The fourth-order valence-electron chi connectivity index (χ4n) is 2.39. The molecule has 2 aromatic carbocycles. The first kappa shape index (κ1) is 11.2. The van der Waals surface area contributed by atoms with Crippen LogP contribution in [0.25, 0.3) is 0 Å². The van der Waals surface area contributed by atoms with Gasteiger partial charge in [-0.2, -0.15) is 0 Å². The standard InChI is InChI=1S/C15H13F2N/c1-9-2-3-11-8-15(18-14(11)6-9)10-4-5-12(16)13(17)7-10/h2-7,15,18H,8H2,1H3. The zero-order valence-electron chi connectivity index (χ0n) is 10.0. The number of anilines is 1. The number of rotatable bonds is 1.